The molecular formula is C17H10BrN3O3. The van der Waals surface area contributed by atoms with Crippen LogP contribution >= 0.6 is 15.9 Å². The standard InChI is InChI=1S/C17H10BrN3O3/c18-15-6-5-14(23-15)16(22)20-11-3-1-10(2-4-11)17-21-12-9-19-8-7-13(12)24-17/h1-9H,(H,20,22). The van der Waals surface area contributed by atoms with Gasteiger partial charge in [0.25, 0.3) is 5.91 Å². The van der Waals surface area contributed by atoms with Crippen molar-refractivity contribution in [3.63, 3.8) is 0 Å². The summed E-state index contributed by atoms with van der Waals surface area (Å²) < 4.78 is 11.4. The highest BCUT2D eigenvalue weighted by Gasteiger charge is 2.12. The fourth-order valence-electron chi connectivity index (χ4n) is 2.23. The minimum absolute atomic E-state index is 0.234. The number of pyridine rings is 1. The van der Waals surface area contributed by atoms with Crippen molar-refractivity contribution in [2.24, 2.45) is 0 Å². The van der Waals surface area contributed by atoms with Gasteiger partial charge in [0.1, 0.15) is 5.52 Å². The summed E-state index contributed by atoms with van der Waals surface area (Å²) in [4.78, 5) is 20.4. The molecule has 0 aliphatic carbocycles. The Kier molecular flexibility index (Phi) is 3.62. The molecule has 7 heteroatoms. The number of aromatic nitrogens is 2. The fourth-order valence-corrected chi connectivity index (χ4v) is 2.54. The molecule has 0 atom stereocenters. The molecule has 24 heavy (non-hydrogen) atoms. The van der Waals surface area contributed by atoms with Crippen molar-refractivity contribution in [1.29, 1.82) is 0 Å². The summed E-state index contributed by atoms with van der Waals surface area (Å²) in [7, 11) is 0. The zero-order valence-corrected chi connectivity index (χ0v) is 13.8. The van der Waals surface area contributed by atoms with Gasteiger partial charge in [0.2, 0.25) is 5.89 Å². The molecule has 0 radical (unpaired) electrons. The normalized spacial score (nSPS) is 10.9. The topological polar surface area (TPSA) is 81.2 Å². The lowest BCUT2D eigenvalue weighted by Gasteiger charge is -2.03. The van der Waals surface area contributed by atoms with Crippen LogP contribution in [-0.2, 0) is 0 Å². The molecule has 4 rings (SSSR count). The van der Waals surface area contributed by atoms with Crippen LogP contribution in [0.2, 0.25) is 0 Å². The van der Waals surface area contributed by atoms with E-state index < -0.39 is 0 Å². The molecule has 0 fully saturated rings. The van der Waals surface area contributed by atoms with Gasteiger partial charge in [-0.2, -0.15) is 0 Å². The molecule has 6 nitrogen and oxygen atoms in total. The van der Waals surface area contributed by atoms with E-state index in [0.29, 0.717) is 27.3 Å². The van der Waals surface area contributed by atoms with Crippen LogP contribution in [-0.4, -0.2) is 15.9 Å². The fraction of sp³-hybridized carbons (Fsp3) is 0. The van der Waals surface area contributed by atoms with Gasteiger partial charge in [0, 0.05) is 23.5 Å². The van der Waals surface area contributed by atoms with Gasteiger partial charge >= 0.3 is 0 Å². The van der Waals surface area contributed by atoms with Crippen molar-refractivity contribution < 1.29 is 13.6 Å². The molecule has 4 aromatic rings. The molecule has 0 saturated carbocycles. The maximum atomic E-state index is 12.0. The molecule has 3 aromatic heterocycles. The Morgan fingerprint density at radius 1 is 1.04 bits per heavy atom. The average Bonchev–Trinajstić information content (AvgIpc) is 3.21. The second-order valence-electron chi connectivity index (χ2n) is 5.00. The number of nitrogens with one attached hydrogen (secondary N) is 1. The first kappa shape index (κ1) is 14.6. The number of hydrogen-bond donors (Lipinski definition) is 1. The van der Waals surface area contributed by atoms with E-state index in [0.717, 1.165) is 5.56 Å². The average molecular weight is 384 g/mol. The monoisotopic (exact) mass is 383 g/mol. The number of nitrogens with zero attached hydrogens (tertiary/aromatic N) is 2. The van der Waals surface area contributed by atoms with Gasteiger partial charge in [-0.15, -0.1) is 0 Å². The van der Waals surface area contributed by atoms with Crippen molar-refractivity contribution in [1.82, 2.24) is 9.97 Å². The summed E-state index contributed by atoms with van der Waals surface area (Å²) in [5.41, 5.74) is 2.84. The number of furan rings is 1. The molecule has 0 saturated heterocycles. The van der Waals surface area contributed by atoms with Crippen LogP contribution < -0.4 is 5.32 Å². The number of hydrogen-bond acceptors (Lipinski definition) is 5. The summed E-state index contributed by atoms with van der Waals surface area (Å²) in [6, 6.07) is 12.2. The van der Waals surface area contributed by atoms with Crippen molar-refractivity contribution >= 4 is 38.6 Å². The van der Waals surface area contributed by atoms with Crippen LogP contribution in [0.25, 0.3) is 22.6 Å². The van der Waals surface area contributed by atoms with Gasteiger partial charge in [-0.3, -0.25) is 9.78 Å². The maximum absolute atomic E-state index is 12.0. The van der Waals surface area contributed by atoms with Crippen molar-refractivity contribution in [2.45, 2.75) is 0 Å². The van der Waals surface area contributed by atoms with Crippen molar-refractivity contribution in [3.05, 3.63) is 65.3 Å². The third-order valence-corrected chi connectivity index (χ3v) is 3.80. The SMILES string of the molecule is O=C(Nc1ccc(-c2nc3cnccc3o2)cc1)c1ccc(Br)o1. The lowest BCUT2D eigenvalue weighted by molar-refractivity contribution is 0.0995. The molecule has 3 heterocycles. The predicted octanol–water partition coefficient (Wildman–Crippen LogP) is 4.50. The third-order valence-electron chi connectivity index (χ3n) is 3.38. The number of halogens is 1. The molecule has 1 N–H and O–H groups in total. The zero-order valence-electron chi connectivity index (χ0n) is 12.2. The number of fused-ring (bicyclic) bond motifs is 1. The first-order valence-electron chi connectivity index (χ1n) is 7.07. The number of rotatable bonds is 3. The Morgan fingerprint density at radius 3 is 2.58 bits per heavy atom. The van der Waals surface area contributed by atoms with Gasteiger partial charge in [-0.25, -0.2) is 4.98 Å². The van der Waals surface area contributed by atoms with Gasteiger partial charge in [0.05, 0.1) is 6.20 Å². The second-order valence-corrected chi connectivity index (χ2v) is 5.78. The van der Waals surface area contributed by atoms with Crippen LogP contribution in [0.4, 0.5) is 5.69 Å². The van der Waals surface area contributed by atoms with Gasteiger partial charge in [-0.05, 0) is 52.3 Å². The quantitative estimate of drug-likeness (QED) is 0.563. The van der Waals surface area contributed by atoms with E-state index in [1.54, 1.807) is 42.7 Å². The summed E-state index contributed by atoms with van der Waals surface area (Å²) in [6.07, 6.45) is 3.31. The Balaban J connectivity index is 1.55. The van der Waals surface area contributed by atoms with Crippen LogP contribution in [0.5, 0.6) is 0 Å². The first-order chi connectivity index (χ1) is 11.7. The Bertz CT molecular complexity index is 988. The molecule has 0 spiro atoms. The van der Waals surface area contributed by atoms with E-state index in [1.807, 2.05) is 12.1 Å². The minimum Gasteiger partial charge on any atom is -0.444 e. The van der Waals surface area contributed by atoms with E-state index in [-0.39, 0.29) is 11.7 Å². The van der Waals surface area contributed by atoms with Crippen LogP contribution in [0.15, 0.2) is 68.4 Å². The van der Waals surface area contributed by atoms with Crippen LogP contribution in [0.3, 0.4) is 0 Å². The lowest BCUT2D eigenvalue weighted by atomic mass is 10.2. The highest BCUT2D eigenvalue weighted by atomic mass is 79.9. The van der Waals surface area contributed by atoms with E-state index in [1.165, 1.54) is 0 Å². The van der Waals surface area contributed by atoms with E-state index in [2.05, 4.69) is 31.2 Å². The largest absolute Gasteiger partial charge is 0.444 e. The Hall–Kier alpha value is -2.93. The number of carbonyl (C=O) groups excluding carboxylic acids is 1. The summed E-state index contributed by atoms with van der Waals surface area (Å²) >= 11 is 3.17. The first-order valence-corrected chi connectivity index (χ1v) is 7.86. The summed E-state index contributed by atoms with van der Waals surface area (Å²) in [6.45, 7) is 0. The van der Waals surface area contributed by atoms with Gasteiger partial charge in [0.15, 0.2) is 16.0 Å². The number of amides is 1. The summed E-state index contributed by atoms with van der Waals surface area (Å²) in [5, 5.41) is 2.76. The van der Waals surface area contributed by atoms with Gasteiger partial charge in [-0.1, -0.05) is 0 Å². The molecule has 0 unspecified atom stereocenters. The maximum Gasteiger partial charge on any atom is 0.291 e. The third kappa shape index (κ3) is 2.81. The minimum atomic E-state index is -0.318. The molecule has 1 aromatic carbocycles. The van der Waals surface area contributed by atoms with Crippen molar-refractivity contribution in [2.75, 3.05) is 5.32 Å². The number of oxazole rings is 1. The Morgan fingerprint density at radius 2 is 1.88 bits per heavy atom. The summed E-state index contributed by atoms with van der Waals surface area (Å²) in [5.74, 6) is 0.421. The molecule has 0 aliphatic rings. The molecule has 0 bridgehead atoms. The smallest absolute Gasteiger partial charge is 0.291 e. The molecule has 0 aliphatic heterocycles. The zero-order chi connectivity index (χ0) is 16.5. The number of benzene rings is 1. The van der Waals surface area contributed by atoms with E-state index in [9.17, 15) is 4.79 Å². The molecular weight excluding hydrogens is 374 g/mol. The van der Waals surface area contributed by atoms with Crippen LogP contribution in [0, 0.1) is 0 Å². The van der Waals surface area contributed by atoms with E-state index in [4.69, 9.17) is 8.83 Å². The van der Waals surface area contributed by atoms with E-state index >= 15 is 0 Å². The molecule has 1 amide bonds. The highest BCUT2D eigenvalue weighted by Crippen LogP contribution is 2.25. The number of anilines is 1. The highest BCUT2D eigenvalue weighted by molar-refractivity contribution is 9.10. The molecule has 118 valence electrons. The lowest BCUT2D eigenvalue weighted by Crippen LogP contribution is -2.10. The second kappa shape index (κ2) is 5.93. The van der Waals surface area contributed by atoms with Gasteiger partial charge < -0.3 is 14.2 Å². The number of carbonyl (C=O) groups is 1. The Labute approximate surface area is 144 Å². The van der Waals surface area contributed by atoms with Crippen LogP contribution in [0.1, 0.15) is 10.6 Å². The predicted molar refractivity (Wildman–Crippen MR) is 91.6 cm³/mol. The van der Waals surface area contributed by atoms with Crippen molar-refractivity contribution in [3.8, 4) is 11.5 Å².